The smallest absolute Gasteiger partial charge is 0.333 e. The van der Waals surface area contributed by atoms with Gasteiger partial charge in [-0.1, -0.05) is 23.7 Å². The van der Waals surface area contributed by atoms with Crippen LogP contribution < -0.4 is 0 Å². The molecular weight excluding hydrogens is 254 g/mol. The number of halogens is 1. The summed E-state index contributed by atoms with van der Waals surface area (Å²) in [5.74, 6) is -1.52. The van der Waals surface area contributed by atoms with Gasteiger partial charge in [-0.15, -0.1) is 0 Å². The van der Waals surface area contributed by atoms with E-state index in [2.05, 4.69) is 0 Å². The first kappa shape index (κ1) is 12.6. The maximum atomic E-state index is 11.7. The molecule has 1 aliphatic heterocycles. The highest BCUT2D eigenvalue weighted by Crippen LogP contribution is 2.32. The molecule has 94 valence electrons. The number of carbonyl (C=O) groups excluding carboxylic acids is 1. The molecular formula is C13H12ClNO3. The Labute approximate surface area is 109 Å². The predicted octanol–water partition coefficient (Wildman–Crippen LogP) is 2.25. The molecule has 18 heavy (non-hydrogen) atoms. The third-order valence-corrected chi connectivity index (χ3v) is 3.25. The lowest BCUT2D eigenvalue weighted by molar-refractivity contribution is -0.134. The number of amides is 1. The fourth-order valence-corrected chi connectivity index (χ4v) is 2.12. The Morgan fingerprint density at radius 2 is 2.00 bits per heavy atom. The number of carboxylic acid groups (broad SMARTS) is 1. The fourth-order valence-electron chi connectivity index (χ4n) is 2.00. The average Bonchev–Trinajstić information content (AvgIpc) is 2.33. The lowest BCUT2D eigenvalue weighted by Crippen LogP contribution is -2.31. The maximum absolute atomic E-state index is 11.7. The molecule has 2 rings (SSSR count). The van der Waals surface area contributed by atoms with Crippen molar-refractivity contribution in [3.05, 3.63) is 46.6 Å². The zero-order chi connectivity index (χ0) is 13.3. The van der Waals surface area contributed by atoms with Crippen molar-refractivity contribution in [3.8, 4) is 0 Å². The number of hydrogen-bond donors (Lipinski definition) is 1. The average molecular weight is 266 g/mol. The zero-order valence-corrected chi connectivity index (χ0v) is 10.5. The maximum Gasteiger partial charge on any atom is 0.333 e. The van der Waals surface area contributed by atoms with Gasteiger partial charge in [0.15, 0.2) is 0 Å². The summed E-state index contributed by atoms with van der Waals surface area (Å²) in [6.45, 7) is 0. The van der Waals surface area contributed by atoms with E-state index in [1.807, 2.05) is 0 Å². The number of carboxylic acids is 1. The highest BCUT2D eigenvalue weighted by Gasteiger charge is 2.30. The van der Waals surface area contributed by atoms with Gasteiger partial charge >= 0.3 is 5.97 Å². The summed E-state index contributed by atoms with van der Waals surface area (Å²) in [4.78, 5) is 24.2. The van der Waals surface area contributed by atoms with Crippen LogP contribution in [0.15, 0.2) is 36.0 Å². The van der Waals surface area contributed by atoms with Gasteiger partial charge < -0.3 is 10.0 Å². The molecule has 0 aromatic heterocycles. The zero-order valence-electron chi connectivity index (χ0n) is 9.76. The van der Waals surface area contributed by atoms with Crippen molar-refractivity contribution in [3.63, 3.8) is 0 Å². The molecule has 0 saturated carbocycles. The first-order valence-electron chi connectivity index (χ1n) is 5.45. The van der Waals surface area contributed by atoms with Crippen LogP contribution in [0, 0.1) is 0 Å². The number of hydrogen-bond acceptors (Lipinski definition) is 2. The van der Waals surface area contributed by atoms with Crippen LogP contribution in [0.1, 0.15) is 17.9 Å². The van der Waals surface area contributed by atoms with Crippen LogP contribution in [0.3, 0.4) is 0 Å². The molecule has 1 aliphatic rings. The molecule has 0 aliphatic carbocycles. The van der Waals surface area contributed by atoms with Crippen LogP contribution in [0.2, 0.25) is 5.02 Å². The molecule has 0 fully saturated rings. The Morgan fingerprint density at radius 1 is 1.39 bits per heavy atom. The SMILES string of the molecule is CN1C=C(C(=O)O)C(c2ccc(Cl)cc2)CC1=O. The summed E-state index contributed by atoms with van der Waals surface area (Å²) in [7, 11) is 1.56. The van der Waals surface area contributed by atoms with E-state index in [-0.39, 0.29) is 17.9 Å². The molecule has 1 atom stereocenters. The van der Waals surface area contributed by atoms with Crippen LogP contribution in [0.25, 0.3) is 0 Å². The van der Waals surface area contributed by atoms with Gasteiger partial charge in [-0.2, -0.15) is 0 Å². The van der Waals surface area contributed by atoms with E-state index < -0.39 is 11.9 Å². The Morgan fingerprint density at radius 3 is 2.56 bits per heavy atom. The van der Waals surface area contributed by atoms with E-state index in [9.17, 15) is 14.7 Å². The summed E-state index contributed by atoms with van der Waals surface area (Å²) < 4.78 is 0. The summed E-state index contributed by atoms with van der Waals surface area (Å²) >= 11 is 5.80. The second kappa shape index (κ2) is 4.82. The predicted molar refractivity (Wildman–Crippen MR) is 67.3 cm³/mol. The monoisotopic (exact) mass is 265 g/mol. The fraction of sp³-hybridized carbons (Fsp3) is 0.231. The van der Waals surface area contributed by atoms with Crippen molar-refractivity contribution in [1.29, 1.82) is 0 Å². The minimum absolute atomic E-state index is 0.0973. The van der Waals surface area contributed by atoms with Gasteiger partial charge in [-0.25, -0.2) is 4.79 Å². The molecule has 5 heteroatoms. The van der Waals surface area contributed by atoms with Gasteiger partial charge in [0.05, 0.1) is 5.57 Å². The van der Waals surface area contributed by atoms with Crippen molar-refractivity contribution in [2.24, 2.45) is 0 Å². The topological polar surface area (TPSA) is 57.6 Å². The van der Waals surface area contributed by atoms with Gasteiger partial charge in [0, 0.05) is 30.6 Å². The van der Waals surface area contributed by atoms with Crippen LogP contribution in [0.4, 0.5) is 0 Å². The lowest BCUT2D eigenvalue weighted by Gasteiger charge is -2.26. The second-order valence-electron chi connectivity index (χ2n) is 4.20. The highest BCUT2D eigenvalue weighted by atomic mass is 35.5. The van der Waals surface area contributed by atoms with E-state index >= 15 is 0 Å². The van der Waals surface area contributed by atoms with Crippen LogP contribution in [0.5, 0.6) is 0 Å². The van der Waals surface area contributed by atoms with E-state index in [1.54, 1.807) is 31.3 Å². The van der Waals surface area contributed by atoms with Crippen molar-refractivity contribution in [2.75, 3.05) is 7.05 Å². The molecule has 4 nitrogen and oxygen atoms in total. The standard InChI is InChI=1S/C13H12ClNO3/c1-15-7-11(13(17)18)10(6-12(15)16)8-2-4-9(14)5-3-8/h2-5,7,10H,6H2,1H3,(H,17,18). The number of rotatable bonds is 2. The van der Waals surface area contributed by atoms with Crippen molar-refractivity contribution < 1.29 is 14.7 Å². The van der Waals surface area contributed by atoms with E-state index in [1.165, 1.54) is 11.1 Å². The van der Waals surface area contributed by atoms with Gasteiger partial charge in [0.2, 0.25) is 5.91 Å². The number of benzene rings is 1. The molecule has 0 saturated heterocycles. The summed E-state index contributed by atoms with van der Waals surface area (Å²) in [6, 6.07) is 6.89. The number of aliphatic carboxylic acids is 1. The Kier molecular flexibility index (Phi) is 3.39. The Bertz CT molecular complexity index is 522. The minimum atomic E-state index is -1.01. The lowest BCUT2D eigenvalue weighted by atomic mass is 9.86. The van der Waals surface area contributed by atoms with Gasteiger partial charge in [-0.05, 0) is 17.7 Å². The summed E-state index contributed by atoms with van der Waals surface area (Å²) in [5.41, 5.74) is 1.01. The normalized spacial score (nSPS) is 19.7. The van der Waals surface area contributed by atoms with Crippen LogP contribution >= 0.6 is 11.6 Å². The van der Waals surface area contributed by atoms with Gasteiger partial charge in [0.1, 0.15) is 0 Å². The molecule has 0 bridgehead atoms. The number of nitrogens with zero attached hydrogens (tertiary/aromatic N) is 1. The largest absolute Gasteiger partial charge is 0.478 e. The van der Waals surface area contributed by atoms with Crippen LogP contribution in [-0.2, 0) is 9.59 Å². The molecule has 1 amide bonds. The van der Waals surface area contributed by atoms with Crippen molar-refractivity contribution in [2.45, 2.75) is 12.3 Å². The Hall–Kier alpha value is -1.81. The molecule has 1 heterocycles. The highest BCUT2D eigenvalue weighted by molar-refractivity contribution is 6.30. The van der Waals surface area contributed by atoms with Crippen molar-refractivity contribution in [1.82, 2.24) is 4.90 Å². The number of carbonyl (C=O) groups is 2. The molecule has 0 spiro atoms. The second-order valence-corrected chi connectivity index (χ2v) is 4.64. The molecule has 1 N–H and O–H groups in total. The third kappa shape index (κ3) is 2.38. The first-order chi connectivity index (χ1) is 8.49. The third-order valence-electron chi connectivity index (χ3n) is 3.00. The van der Waals surface area contributed by atoms with E-state index in [4.69, 9.17) is 11.6 Å². The van der Waals surface area contributed by atoms with Crippen molar-refractivity contribution >= 4 is 23.5 Å². The van der Waals surface area contributed by atoms with E-state index in [0.29, 0.717) is 5.02 Å². The molecule has 1 unspecified atom stereocenters. The molecule has 0 radical (unpaired) electrons. The first-order valence-corrected chi connectivity index (χ1v) is 5.83. The minimum Gasteiger partial charge on any atom is -0.478 e. The molecule has 1 aromatic carbocycles. The molecule has 1 aromatic rings. The van der Waals surface area contributed by atoms with Gasteiger partial charge in [0.25, 0.3) is 0 Å². The van der Waals surface area contributed by atoms with Gasteiger partial charge in [-0.3, -0.25) is 4.79 Å². The summed E-state index contributed by atoms with van der Waals surface area (Å²) in [6.07, 6.45) is 1.55. The van der Waals surface area contributed by atoms with E-state index in [0.717, 1.165) is 5.56 Å². The quantitative estimate of drug-likeness (QED) is 0.892. The van der Waals surface area contributed by atoms with Crippen LogP contribution in [-0.4, -0.2) is 28.9 Å². The Balaban J connectivity index is 2.41. The summed E-state index contributed by atoms with van der Waals surface area (Å²) in [5, 5.41) is 9.78.